The van der Waals surface area contributed by atoms with Gasteiger partial charge in [-0.3, -0.25) is 4.79 Å². The van der Waals surface area contributed by atoms with E-state index in [-0.39, 0.29) is 40.0 Å². The molecule has 0 fully saturated rings. The Kier molecular flexibility index (Phi) is 5.07. The Balaban J connectivity index is 2.31. The maximum absolute atomic E-state index is 13.8. The molecule has 0 atom stereocenters. The lowest BCUT2D eigenvalue weighted by molar-refractivity contribution is 0.0696. The van der Waals surface area contributed by atoms with E-state index in [0.717, 1.165) is 3.57 Å². The average molecular weight is 437 g/mol. The van der Waals surface area contributed by atoms with E-state index < -0.39 is 11.8 Å². The number of aromatic amines is 1. The number of hydrogen-bond donors (Lipinski definition) is 3. The van der Waals surface area contributed by atoms with Gasteiger partial charge in [0.1, 0.15) is 17.1 Å². The summed E-state index contributed by atoms with van der Waals surface area (Å²) in [6.45, 7) is 1.27. The lowest BCUT2D eigenvalue weighted by atomic mass is 10.2. The van der Waals surface area contributed by atoms with Crippen LogP contribution in [0.5, 0.6) is 0 Å². The molecule has 0 saturated carbocycles. The van der Waals surface area contributed by atoms with Crippen LogP contribution >= 0.6 is 34.2 Å². The van der Waals surface area contributed by atoms with Crippen molar-refractivity contribution in [2.45, 2.75) is 13.5 Å². The highest BCUT2D eigenvalue weighted by atomic mass is 127. The summed E-state index contributed by atoms with van der Waals surface area (Å²) >= 11 is 7.90. The second-order valence-electron chi connectivity index (χ2n) is 4.51. The quantitative estimate of drug-likeness (QED) is 0.490. The molecule has 22 heavy (non-hydrogen) atoms. The highest BCUT2D eigenvalue weighted by Crippen LogP contribution is 2.26. The topological polar surface area (TPSA) is 82.2 Å². The number of aromatic carboxylic acids is 1. The predicted molar refractivity (Wildman–Crippen MR) is 89.2 cm³/mol. The van der Waals surface area contributed by atoms with E-state index in [4.69, 9.17) is 11.6 Å². The van der Waals surface area contributed by atoms with Gasteiger partial charge in [-0.05, 0) is 40.8 Å². The Hall–Kier alpha value is -1.61. The summed E-state index contributed by atoms with van der Waals surface area (Å²) in [4.78, 5) is 25.4. The van der Waals surface area contributed by atoms with Crippen LogP contribution in [0.4, 0.5) is 10.1 Å². The van der Waals surface area contributed by atoms with Crippen molar-refractivity contribution in [1.82, 2.24) is 4.98 Å². The van der Waals surface area contributed by atoms with Crippen LogP contribution in [0.1, 0.15) is 33.5 Å². The normalized spacial score (nSPS) is 10.5. The Morgan fingerprint density at radius 1 is 1.45 bits per heavy atom. The standard InChI is InChI=1S/C14H11ClFIN2O3/c1-6(20)13-12(15)11(14(21)22)10(19-13)5-18-9-3-2-7(17)4-8(9)16/h2-4,18-19H,5H2,1H3,(H,21,22). The summed E-state index contributed by atoms with van der Waals surface area (Å²) in [7, 11) is 0. The maximum Gasteiger partial charge on any atom is 0.339 e. The van der Waals surface area contributed by atoms with Crippen LogP contribution in [0.15, 0.2) is 18.2 Å². The van der Waals surface area contributed by atoms with Crippen molar-refractivity contribution in [3.05, 3.63) is 49.6 Å². The SMILES string of the molecule is CC(=O)c1[nH]c(CNc2ccc(I)cc2F)c(C(=O)O)c1Cl. The van der Waals surface area contributed by atoms with Crippen molar-refractivity contribution in [2.24, 2.45) is 0 Å². The van der Waals surface area contributed by atoms with Gasteiger partial charge in [0.15, 0.2) is 5.78 Å². The average Bonchev–Trinajstić information content (AvgIpc) is 2.75. The molecule has 5 nitrogen and oxygen atoms in total. The van der Waals surface area contributed by atoms with Crippen LogP contribution in [0.25, 0.3) is 0 Å². The summed E-state index contributed by atoms with van der Waals surface area (Å²) in [5, 5.41) is 11.9. The number of ketones is 1. The Bertz CT molecular complexity index is 761. The van der Waals surface area contributed by atoms with Crippen molar-refractivity contribution in [1.29, 1.82) is 0 Å². The largest absolute Gasteiger partial charge is 0.478 e. The van der Waals surface area contributed by atoms with Gasteiger partial charge in [0.25, 0.3) is 0 Å². The molecule has 0 saturated heterocycles. The molecule has 1 aromatic carbocycles. The number of carbonyl (C=O) groups excluding carboxylic acids is 1. The van der Waals surface area contributed by atoms with Gasteiger partial charge in [-0.1, -0.05) is 11.6 Å². The monoisotopic (exact) mass is 436 g/mol. The smallest absolute Gasteiger partial charge is 0.339 e. The molecule has 0 bridgehead atoms. The molecule has 8 heteroatoms. The number of H-pyrrole nitrogens is 1. The first-order chi connectivity index (χ1) is 10.3. The maximum atomic E-state index is 13.8. The molecular formula is C14H11ClFIN2O3. The van der Waals surface area contributed by atoms with E-state index in [2.05, 4.69) is 10.3 Å². The summed E-state index contributed by atoms with van der Waals surface area (Å²) < 4.78 is 14.5. The molecule has 1 aromatic heterocycles. The lowest BCUT2D eigenvalue weighted by Crippen LogP contribution is -2.07. The first-order valence-electron chi connectivity index (χ1n) is 6.14. The number of carbonyl (C=O) groups is 2. The third-order valence-electron chi connectivity index (χ3n) is 2.97. The number of rotatable bonds is 5. The zero-order valence-corrected chi connectivity index (χ0v) is 14.3. The van der Waals surface area contributed by atoms with Crippen LogP contribution in [0.3, 0.4) is 0 Å². The molecule has 0 aliphatic heterocycles. The van der Waals surface area contributed by atoms with Crippen LogP contribution in [0.2, 0.25) is 5.02 Å². The van der Waals surface area contributed by atoms with Gasteiger partial charge in [0.2, 0.25) is 0 Å². The molecule has 0 radical (unpaired) electrons. The number of carboxylic acid groups (broad SMARTS) is 1. The van der Waals surface area contributed by atoms with Gasteiger partial charge >= 0.3 is 5.97 Å². The third kappa shape index (κ3) is 3.41. The van der Waals surface area contributed by atoms with E-state index in [0.29, 0.717) is 0 Å². The number of benzene rings is 1. The van der Waals surface area contributed by atoms with Crippen molar-refractivity contribution in [3.63, 3.8) is 0 Å². The fourth-order valence-corrected chi connectivity index (χ4v) is 2.77. The predicted octanol–water partition coefficient (Wildman–Crippen LogP) is 3.92. The Labute approximate surface area is 144 Å². The van der Waals surface area contributed by atoms with E-state index >= 15 is 0 Å². The van der Waals surface area contributed by atoms with Crippen LogP contribution in [0, 0.1) is 9.39 Å². The minimum atomic E-state index is -1.26. The summed E-state index contributed by atoms with van der Waals surface area (Å²) in [5.41, 5.74) is 0.275. The van der Waals surface area contributed by atoms with Crippen molar-refractivity contribution < 1.29 is 19.1 Å². The van der Waals surface area contributed by atoms with Crippen molar-refractivity contribution in [3.8, 4) is 0 Å². The summed E-state index contributed by atoms with van der Waals surface area (Å²) in [6.07, 6.45) is 0. The summed E-state index contributed by atoms with van der Waals surface area (Å²) in [5.74, 6) is -2.08. The fourth-order valence-electron chi connectivity index (χ4n) is 1.94. The lowest BCUT2D eigenvalue weighted by Gasteiger charge is -2.07. The molecule has 0 aliphatic rings. The molecule has 3 N–H and O–H groups in total. The Morgan fingerprint density at radius 2 is 2.14 bits per heavy atom. The molecule has 116 valence electrons. The van der Waals surface area contributed by atoms with E-state index in [1.807, 2.05) is 22.6 Å². The first kappa shape index (κ1) is 16.8. The second-order valence-corrected chi connectivity index (χ2v) is 6.13. The van der Waals surface area contributed by atoms with Gasteiger partial charge in [-0.2, -0.15) is 0 Å². The van der Waals surface area contributed by atoms with Crippen LogP contribution < -0.4 is 5.32 Å². The molecule has 0 unspecified atom stereocenters. The molecular weight excluding hydrogens is 426 g/mol. The van der Waals surface area contributed by atoms with E-state index in [1.54, 1.807) is 12.1 Å². The van der Waals surface area contributed by atoms with E-state index in [1.165, 1.54) is 13.0 Å². The minimum absolute atomic E-state index is 0.00779. The minimum Gasteiger partial charge on any atom is -0.478 e. The van der Waals surface area contributed by atoms with Gasteiger partial charge in [0, 0.05) is 10.5 Å². The number of anilines is 1. The molecule has 1 heterocycles. The number of aromatic nitrogens is 1. The van der Waals surface area contributed by atoms with Gasteiger partial charge in [0.05, 0.1) is 22.9 Å². The highest BCUT2D eigenvalue weighted by molar-refractivity contribution is 14.1. The zero-order chi connectivity index (χ0) is 16.4. The van der Waals surface area contributed by atoms with Gasteiger partial charge in [-0.25, -0.2) is 9.18 Å². The number of nitrogens with one attached hydrogen (secondary N) is 2. The van der Waals surface area contributed by atoms with Gasteiger partial charge < -0.3 is 15.4 Å². The first-order valence-corrected chi connectivity index (χ1v) is 7.60. The van der Waals surface area contributed by atoms with Crippen LogP contribution in [-0.2, 0) is 6.54 Å². The summed E-state index contributed by atoms with van der Waals surface area (Å²) in [6, 6.07) is 4.62. The molecule has 0 spiro atoms. The van der Waals surface area contributed by atoms with Crippen molar-refractivity contribution in [2.75, 3.05) is 5.32 Å². The Morgan fingerprint density at radius 3 is 2.68 bits per heavy atom. The van der Waals surface area contributed by atoms with Gasteiger partial charge in [-0.15, -0.1) is 0 Å². The second kappa shape index (κ2) is 6.66. The zero-order valence-electron chi connectivity index (χ0n) is 11.3. The van der Waals surface area contributed by atoms with E-state index in [9.17, 15) is 19.1 Å². The molecule has 2 rings (SSSR count). The van der Waals surface area contributed by atoms with Crippen LogP contribution in [-0.4, -0.2) is 21.8 Å². The molecule has 0 aliphatic carbocycles. The number of halogens is 3. The highest BCUT2D eigenvalue weighted by Gasteiger charge is 2.23. The third-order valence-corrected chi connectivity index (χ3v) is 4.02. The molecule has 2 aromatic rings. The number of hydrogen-bond acceptors (Lipinski definition) is 3. The number of carboxylic acids is 1. The van der Waals surface area contributed by atoms with Crippen molar-refractivity contribution >= 4 is 51.6 Å². The molecule has 0 amide bonds. The number of Topliss-reactive ketones (excluding diaryl/α,β-unsaturated/α-hetero) is 1. The fraction of sp³-hybridized carbons (Fsp3) is 0.143.